The lowest BCUT2D eigenvalue weighted by atomic mass is 10.1. The Morgan fingerprint density at radius 3 is 2.24 bits per heavy atom. The number of hydrogen-bond acceptors (Lipinski definition) is 3. The molecular formula is C20H27ClN2O2. The highest BCUT2D eigenvalue weighted by Gasteiger charge is 2.07. The predicted molar refractivity (Wildman–Crippen MR) is 104 cm³/mol. The number of aryl methyl sites for hydroxylation is 1. The molecule has 0 aliphatic heterocycles. The van der Waals surface area contributed by atoms with Crippen LogP contribution >= 0.6 is 12.4 Å². The van der Waals surface area contributed by atoms with Gasteiger partial charge in [-0.3, -0.25) is 4.79 Å². The van der Waals surface area contributed by atoms with Gasteiger partial charge < -0.3 is 15.4 Å². The SMILES string of the molecule is CNCC(=O)NC(C)Cc1ccc(OCc2ccc(C)cc2)cc1.Cl. The van der Waals surface area contributed by atoms with Crippen molar-refractivity contribution in [1.29, 1.82) is 0 Å². The Hall–Kier alpha value is -2.04. The fourth-order valence-corrected chi connectivity index (χ4v) is 2.46. The third kappa shape index (κ3) is 7.59. The first kappa shape index (κ1) is 21.0. The Balaban J connectivity index is 0.00000312. The number of likely N-dealkylation sites (N-methyl/N-ethyl adjacent to an activating group) is 1. The number of ether oxygens (including phenoxy) is 1. The van der Waals surface area contributed by atoms with E-state index >= 15 is 0 Å². The maximum atomic E-state index is 11.5. The van der Waals surface area contributed by atoms with Crippen LogP contribution in [0.5, 0.6) is 5.75 Å². The molecule has 2 rings (SSSR count). The first-order chi connectivity index (χ1) is 11.6. The van der Waals surface area contributed by atoms with Gasteiger partial charge >= 0.3 is 0 Å². The van der Waals surface area contributed by atoms with Gasteiger partial charge in [-0.1, -0.05) is 42.0 Å². The van der Waals surface area contributed by atoms with E-state index in [2.05, 4.69) is 41.8 Å². The molecule has 4 nitrogen and oxygen atoms in total. The monoisotopic (exact) mass is 362 g/mol. The molecule has 0 fully saturated rings. The molecule has 1 unspecified atom stereocenters. The molecule has 0 heterocycles. The molecule has 0 aliphatic rings. The van der Waals surface area contributed by atoms with Gasteiger partial charge in [0.1, 0.15) is 12.4 Å². The molecule has 1 amide bonds. The molecule has 0 aromatic heterocycles. The average molecular weight is 363 g/mol. The summed E-state index contributed by atoms with van der Waals surface area (Å²) in [6.07, 6.45) is 0.799. The topological polar surface area (TPSA) is 50.4 Å². The van der Waals surface area contributed by atoms with Crippen LogP contribution in [0.15, 0.2) is 48.5 Å². The number of amides is 1. The highest BCUT2D eigenvalue weighted by molar-refractivity contribution is 5.85. The van der Waals surface area contributed by atoms with Crippen LogP contribution in [-0.4, -0.2) is 25.5 Å². The Morgan fingerprint density at radius 1 is 1.04 bits per heavy atom. The maximum Gasteiger partial charge on any atom is 0.234 e. The zero-order chi connectivity index (χ0) is 17.4. The zero-order valence-electron chi connectivity index (χ0n) is 15.0. The molecular weight excluding hydrogens is 336 g/mol. The molecule has 2 N–H and O–H groups in total. The molecule has 136 valence electrons. The fraction of sp³-hybridized carbons (Fsp3) is 0.350. The van der Waals surface area contributed by atoms with Crippen molar-refractivity contribution >= 4 is 18.3 Å². The van der Waals surface area contributed by atoms with Gasteiger partial charge in [-0.05, 0) is 50.6 Å². The van der Waals surface area contributed by atoms with Crippen molar-refractivity contribution in [3.05, 3.63) is 65.2 Å². The van der Waals surface area contributed by atoms with Crippen LogP contribution in [-0.2, 0) is 17.8 Å². The summed E-state index contributed by atoms with van der Waals surface area (Å²) in [5.41, 5.74) is 3.58. The van der Waals surface area contributed by atoms with Crippen molar-refractivity contribution in [2.75, 3.05) is 13.6 Å². The Morgan fingerprint density at radius 2 is 1.64 bits per heavy atom. The smallest absolute Gasteiger partial charge is 0.234 e. The average Bonchev–Trinajstić information content (AvgIpc) is 2.55. The molecule has 0 spiro atoms. The van der Waals surface area contributed by atoms with Crippen molar-refractivity contribution in [3.63, 3.8) is 0 Å². The summed E-state index contributed by atoms with van der Waals surface area (Å²) in [6, 6.07) is 16.5. The quantitative estimate of drug-likeness (QED) is 0.757. The molecule has 0 radical (unpaired) electrons. The summed E-state index contributed by atoms with van der Waals surface area (Å²) < 4.78 is 5.81. The van der Waals surface area contributed by atoms with Crippen LogP contribution in [0.4, 0.5) is 0 Å². The van der Waals surface area contributed by atoms with Crippen molar-refractivity contribution < 1.29 is 9.53 Å². The number of halogens is 1. The van der Waals surface area contributed by atoms with E-state index in [0.717, 1.165) is 17.7 Å². The summed E-state index contributed by atoms with van der Waals surface area (Å²) >= 11 is 0. The van der Waals surface area contributed by atoms with E-state index < -0.39 is 0 Å². The lowest BCUT2D eigenvalue weighted by Gasteiger charge is -2.14. The minimum atomic E-state index is 0. The molecule has 2 aromatic carbocycles. The summed E-state index contributed by atoms with van der Waals surface area (Å²) in [7, 11) is 1.76. The van der Waals surface area contributed by atoms with Gasteiger partial charge in [0.15, 0.2) is 0 Å². The van der Waals surface area contributed by atoms with Crippen LogP contribution < -0.4 is 15.4 Å². The summed E-state index contributed by atoms with van der Waals surface area (Å²) in [5, 5.41) is 5.81. The number of carbonyl (C=O) groups is 1. The second-order valence-corrected chi connectivity index (χ2v) is 6.12. The van der Waals surface area contributed by atoms with Crippen LogP contribution in [0.25, 0.3) is 0 Å². The fourth-order valence-electron chi connectivity index (χ4n) is 2.46. The predicted octanol–water partition coefficient (Wildman–Crippen LogP) is 3.26. The van der Waals surface area contributed by atoms with Crippen LogP contribution in [0.1, 0.15) is 23.6 Å². The molecule has 0 aliphatic carbocycles. The number of rotatable bonds is 8. The summed E-state index contributed by atoms with van der Waals surface area (Å²) in [5.74, 6) is 0.870. The van der Waals surface area contributed by atoms with Crippen molar-refractivity contribution in [3.8, 4) is 5.75 Å². The Bertz CT molecular complexity index is 642. The van der Waals surface area contributed by atoms with Gasteiger partial charge in [0.2, 0.25) is 5.91 Å². The molecule has 1 atom stereocenters. The second-order valence-electron chi connectivity index (χ2n) is 6.12. The molecule has 0 saturated heterocycles. The molecule has 2 aromatic rings. The third-order valence-corrected chi connectivity index (χ3v) is 3.74. The van der Waals surface area contributed by atoms with E-state index in [4.69, 9.17) is 4.74 Å². The molecule has 25 heavy (non-hydrogen) atoms. The lowest BCUT2D eigenvalue weighted by Crippen LogP contribution is -2.39. The van der Waals surface area contributed by atoms with E-state index in [0.29, 0.717) is 13.2 Å². The Labute approximate surface area is 156 Å². The highest BCUT2D eigenvalue weighted by atomic mass is 35.5. The number of hydrogen-bond donors (Lipinski definition) is 2. The van der Waals surface area contributed by atoms with E-state index in [1.54, 1.807) is 7.05 Å². The van der Waals surface area contributed by atoms with E-state index in [1.165, 1.54) is 11.1 Å². The molecule has 0 saturated carbocycles. The largest absolute Gasteiger partial charge is 0.489 e. The van der Waals surface area contributed by atoms with Gasteiger partial charge in [0.05, 0.1) is 6.54 Å². The highest BCUT2D eigenvalue weighted by Crippen LogP contribution is 2.15. The van der Waals surface area contributed by atoms with Gasteiger partial charge in [0, 0.05) is 6.04 Å². The number of benzene rings is 2. The van der Waals surface area contributed by atoms with E-state index in [1.807, 2.05) is 31.2 Å². The third-order valence-electron chi connectivity index (χ3n) is 3.74. The summed E-state index contributed by atoms with van der Waals surface area (Å²) in [4.78, 5) is 11.5. The van der Waals surface area contributed by atoms with Crippen LogP contribution in [0, 0.1) is 6.92 Å². The Kier molecular flexibility index (Phi) is 9.03. The van der Waals surface area contributed by atoms with E-state index in [9.17, 15) is 4.79 Å². The van der Waals surface area contributed by atoms with Crippen molar-refractivity contribution in [1.82, 2.24) is 10.6 Å². The van der Waals surface area contributed by atoms with Crippen molar-refractivity contribution in [2.24, 2.45) is 0 Å². The molecule has 5 heteroatoms. The van der Waals surface area contributed by atoms with Crippen LogP contribution in [0.3, 0.4) is 0 Å². The van der Waals surface area contributed by atoms with Gasteiger partial charge in [-0.2, -0.15) is 0 Å². The van der Waals surface area contributed by atoms with Crippen LogP contribution in [0.2, 0.25) is 0 Å². The second kappa shape index (κ2) is 10.7. The van der Waals surface area contributed by atoms with Gasteiger partial charge in [0.25, 0.3) is 0 Å². The first-order valence-corrected chi connectivity index (χ1v) is 8.28. The van der Waals surface area contributed by atoms with Gasteiger partial charge in [-0.15, -0.1) is 12.4 Å². The van der Waals surface area contributed by atoms with Crippen molar-refractivity contribution in [2.45, 2.75) is 32.9 Å². The molecule has 0 bridgehead atoms. The zero-order valence-corrected chi connectivity index (χ0v) is 15.9. The summed E-state index contributed by atoms with van der Waals surface area (Å²) in [6.45, 7) is 4.99. The number of carbonyl (C=O) groups excluding carboxylic acids is 1. The van der Waals surface area contributed by atoms with Gasteiger partial charge in [-0.25, -0.2) is 0 Å². The minimum absolute atomic E-state index is 0. The normalized spacial score (nSPS) is 11.3. The number of nitrogens with one attached hydrogen (secondary N) is 2. The maximum absolute atomic E-state index is 11.5. The minimum Gasteiger partial charge on any atom is -0.489 e. The first-order valence-electron chi connectivity index (χ1n) is 8.28. The standard InChI is InChI=1S/C20H26N2O2.ClH/c1-15-4-6-18(7-5-15)14-24-19-10-8-17(9-11-19)12-16(2)22-20(23)13-21-3;/h4-11,16,21H,12-14H2,1-3H3,(H,22,23);1H. The lowest BCUT2D eigenvalue weighted by molar-refractivity contribution is -0.120. The van der Waals surface area contributed by atoms with E-state index in [-0.39, 0.29) is 24.4 Å².